The summed E-state index contributed by atoms with van der Waals surface area (Å²) >= 11 is 3.31. The van der Waals surface area contributed by atoms with E-state index in [0.717, 1.165) is 28.5 Å². The summed E-state index contributed by atoms with van der Waals surface area (Å²) in [5, 5.41) is 4.98. The topological polar surface area (TPSA) is 64.1 Å². The number of ether oxygens (including phenoxy) is 1. The van der Waals surface area contributed by atoms with Gasteiger partial charge in [-0.2, -0.15) is 0 Å². The van der Waals surface area contributed by atoms with Gasteiger partial charge < -0.3 is 10.1 Å². The molecule has 23 heavy (non-hydrogen) atoms. The van der Waals surface area contributed by atoms with Crippen molar-refractivity contribution in [3.05, 3.63) is 16.3 Å². The molecule has 0 aromatic carbocycles. The Morgan fingerprint density at radius 1 is 1.35 bits per heavy atom. The number of rotatable bonds is 6. The molecular weight excluding hydrogens is 330 g/mol. The van der Waals surface area contributed by atoms with Crippen LogP contribution in [0.1, 0.15) is 29.1 Å². The molecule has 0 radical (unpaired) electrons. The Balaban J connectivity index is 1.79. The third-order valence-electron chi connectivity index (χ3n) is 3.86. The highest BCUT2D eigenvalue weighted by Gasteiger charge is 2.21. The standard InChI is InChI=1S/C16H21N3O2S2/c1-10-18-15(22-9-13(20)17-7-8-21-2)14-11-5-3-4-6-12(11)23-16(14)19-10/h3-9H2,1-2H3,(H,17,20). The van der Waals surface area contributed by atoms with Crippen LogP contribution in [0.2, 0.25) is 0 Å². The van der Waals surface area contributed by atoms with Crippen LogP contribution in [-0.4, -0.2) is 41.9 Å². The van der Waals surface area contributed by atoms with E-state index < -0.39 is 0 Å². The highest BCUT2D eigenvalue weighted by atomic mass is 32.2. The number of nitrogens with one attached hydrogen (secondary N) is 1. The number of hydrogen-bond donors (Lipinski definition) is 1. The average Bonchev–Trinajstić information content (AvgIpc) is 2.90. The van der Waals surface area contributed by atoms with Crippen LogP contribution < -0.4 is 5.32 Å². The first kappa shape index (κ1) is 16.7. The molecule has 5 nitrogen and oxygen atoms in total. The zero-order valence-corrected chi connectivity index (χ0v) is 15.1. The lowest BCUT2D eigenvalue weighted by molar-refractivity contribution is -0.118. The van der Waals surface area contributed by atoms with Gasteiger partial charge in [-0.05, 0) is 38.2 Å². The van der Waals surface area contributed by atoms with Crippen LogP contribution in [0.5, 0.6) is 0 Å². The first-order valence-electron chi connectivity index (χ1n) is 7.86. The maximum absolute atomic E-state index is 11.9. The highest BCUT2D eigenvalue weighted by molar-refractivity contribution is 8.00. The van der Waals surface area contributed by atoms with Gasteiger partial charge in [0.15, 0.2) is 0 Å². The zero-order chi connectivity index (χ0) is 16.2. The number of carbonyl (C=O) groups excluding carboxylic acids is 1. The lowest BCUT2D eigenvalue weighted by atomic mass is 9.97. The minimum Gasteiger partial charge on any atom is -0.383 e. The molecule has 7 heteroatoms. The van der Waals surface area contributed by atoms with Crippen LogP contribution >= 0.6 is 23.1 Å². The number of nitrogens with zero attached hydrogens (tertiary/aromatic N) is 2. The number of aromatic nitrogens is 2. The van der Waals surface area contributed by atoms with E-state index in [0.29, 0.717) is 18.9 Å². The summed E-state index contributed by atoms with van der Waals surface area (Å²) < 4.78 is 4.94. The highest BCUT2D eigenvalue weighted by Crippen LogP contribution is 2.39. The maximum Gasteiger partial charge on any atom is 0.230 e. The van der Waals surface area contributed by atoms with Crippen molar-refractivity contribution in [1.82, 2.24) is 15.3 Å². The van der Waals surface area contributed by atoms with Gasteiger partial charge in [-0.1, -0.05) is 11.8 Å². The number of carbonyl (C=O) groups is 1. The molecule has 124 valence electrons. The Labute approximate surface area is 144 Å². The molecule has 0 saturated heterocycles. The van der Waals surface area contributed by atoms with Gasteiger partial charge >= 0.3 is 0 Å². The molecule has 0 fully saturated rings. The predicted molar refractivity (Wildman–Crippen MR) is 94.4 cm³/mol. The van der Waals surface area contributed by atoms with Gasteiger partial charge in [0, 0.05) is 23.9 Å². The van der Waals surface area contributed by atoms with E-state index in [9.17, 15) is 4.79 Å². The molecule has 2 heterocycles. The van der Waals surface area contributed by atoms with Crippen molar-refractivity contribution in [2.24, 2.45) is 0 Å². The zero-order valence-electron chi connectivity index (χ0n) is 13.5. The first-order chi connectivity index (χ1) is 11.2. The van der Waals surface area contributed by atoms with Crippen LogP contribution in [0.3, 0.4) is 0 Å². The van der Waals surface area contributed by atoms with E-state index in [-0.39, 0.29) is 5.91 Å². The Bertz CT molecular complexity index is 715. The van der Waals surface area contributed by atoms with Gasteiger partial charge in [-0.3, -0.25) is 4.79 Å². The number of hydrogen-bond acceptors (Lipinski definition) is 6. The summed E-state index contributed by atoms with van der Waals surface area (Å²) in [5.41, 5.74) is 1.42. The molecule has 0 bridgehead atoms. The summed E-state index contributed by atoms with van der Waals surface area (Å²) in [6, 6.07) is 0. The molecule has 0 saturated carbocycles. The number of methoxy groups -OCH3 is 1. The molecular formula is C16H21N3O2S2. The molecule has 0 aliphatic heterocycles. The molecule has 0 atom stereocenters. The second-order valence-electron chi connectivity index (χ2n) is 5.60. The molecule has 0 spiro atoms. The van der Waals surface area contributed by atoms with E-state index in [1.807, 2.05) is 6.92 Å². The van der Waals surface area contributed by atoms with Crippen LogP contribution in [0.25, 0.3) is 10.2 Å². The van der Waals surface area contributed by atoms with E-state index in [2.05, 4.69) is 15.3 Å². The van der Waals surface area contributed by atoms with Gasteiger partial charge in [0.05, 0.1) is 12.4 Å². The summed E-state index contributed by atoms with van der Waals surface area (Å²) in [7, 11) is 1.63. The molecule has 2 aromatic rings. The van der Waals surface area contributed by atoms with Crippen molar-refractivity contribution in [1.29, 1.82) is 0 Å². The van der Waals surface area contributed by atoms with Crippen molar-refractivity contribution in [2.45, 2.75) is 37.6 Å². The average molecular weight is 351 g/mol. The lowest BCUT2D eigenvalue weighted by Crippen LogP contribution is -2.28. The van der Waals surface area contributed by atoms with Gasteiger partial charge in [-0.15, -0.1) is 11.3 Å². The monoisotopic (exact) mass is 351 g/mol. The van der Waals surface area contributed by atoms with Crippen molar-refractivity contribution in [2.75, 3.05) is 26.0 Å². The Kier molecular flexibility index (Phi) is 5.50. The summed E-state index contributed by atoms with van der Waals surface area (Å²) in [5.74, 6) is 1.17. The Morgan fingerprint density at radius 3 is 3.00 bits per heavy atom. The van der Waals surface area contributed by atoms with E-state index >= 15 is 0 Å². The molecule has 1 aliphatic rings. The van der Waals surface area contributed by atoms with E-state index in [4.69, 9.17) is 4.74 Å². The first-order valence-corrected chi connectivity index (χ1v) is 9.66. The molecule has 0 unspecified atom stereocenters. The van der Waals surface area contributed by atoms with E-state index in [1.165, 1.54) is 40.4 Å². The maximum atomic E-state index is 11.9. The van der Waals surface area contributed by atoms with Crippen LogP contribution in [0.4, 0.5) is 0 Å². The molecule has 1 aliphatic carbocycles. The smallest absolute Gasteiger partial charge is 0.230 e. The lowest BCUT2D eigenvalue weighted by Gasteiger charge is -2.11. The normalized spacial score (nSPS) is 14.0. The van der Waals surface area contributed by atoms with Crippen molar-refractivity contribution in [3.8, 4) is 0 Å². The number of thioether (sulfide) groups is 1. The summed E-state index contributed by atoms with van der Waals surface area (Å²) in [6.45, 7) is 2.99. The minimum absolute atomic E-state index is 0.0144. The fourth-order valence-corrected chi connectivity index (χ4v) is 5.11. The fraction of sp³-hybridized carbons (Fsp3) is 0.562. The SMILES string of the molecule is COCCNC(=O)CSc1nc(C)nc2sc3c(c12)CCCC3. The number of fused-ring (bicyclic) bond motifs is 3. The summed E-state index contributed by atoms with van der Waals surface area (Å²) in [4.78, 5) is 23.7. The molecule has 1 amide bonds. The van der Waals surface area contributed by atoms with Crippen LogP contribution in [0.15, 0.2) is 5.03 Å². The third kappa shape index (κ3) is 3.84. The molecule has 1 N–H and O–H groups in total. The van der Waals surface area contributed by atoms with Crippen molar-refractivity contribution in [3.63, 3.8) is 0 Å². The van der Waals surface area contributed by atoms with Gasteiger partial charge in [0.25, 0.3) is 0 Å². The van der Waals surface area contributed by atoms with Crippen LogP contribution in [0, 0.1) is 6.92 Å². The third-order valence-corrected chi connectivity index (χ3v) is 6.02. The van der Waals surface area contributed by atoms with Crippen molar-refractivity contribution >= 4 is 39.2 Å². The van der Waals surface area contributed by atoms with Crippen molar-refractivity contribution < 1.29 is 9.53 Å². The van der Waals surface area contributed by atoms with E-state index in [1.54, 1.807) is 18.4 Å². The largest absolute Gasteiger partial charge is 0.383 e. The molecule has 2 aromatic heterocycles. The minimum atomic E-state index is 0.0144. The van der Waals surface area contributed by atoms with Gasteiger partial charge in [0.1, 0.15) is 15.7 Å². The predicted octanol–water partition coefficient (Wildman–Crippen LogP) is 2.73. The summed E-state index contributed by atoms with van der Waals surface area (Å²) in [6.07, 6.45) is 4.75. The quantitative estimate of drug-likeness (QED) is 0.492. The second kappa shape index (κ2) is 7.59. The Morgan fingerprint density at radius 2 is 2.17 bits per heavy atom. The fourth-order valence-electron chi connectivity index (χ4n) is 2.81. The number of thiophene rings is 1. The number of amides is 1. The Hall–Kier alpha value is -1.18. The van der Waals surface area contributed by atoms with Crippen LogP contribution in [-0.2, 0) is 22.4 Å². The van der Waals surface area contributed by atoms with Gasteiger partial charge in [-0.25, -0.2) is 9.97 Å². The number of aryl methyl sites for hydroxylation is 3. The molecule has 3 rings (SSSR count). The van der Waals surface area contributed by atoms with Gasteiger partial charge in [0.2, 0.25) is 5.91 Å². The second-order valence-corrected chi connectivity index (χ2v) is 7.65.